The molecule has 9 heteroatoms. The van der Waals surface area contributed by atoms with E-state index in [2.05, 4.69) is 26.6 Å². The van der Waals surface area contributed by atoms with Crippen LogP contribution in [0.25, 0.3) is 0 Å². The monoisotopic (exact) mass is 551 g/mol. The van der Waals surface area contributed by atoms with E-state index >= 15 is 0 Å². The SMILES string of the molecule is CCOc1cc([C@@H]2[C@H](C)N[C@]3(C(=O)Nc4ccccc43)[C@H]2[N+](=O)[O-])cc(Br)c1OCc1ccccc1. The number of hydrogen-bond donors (Lipinski definition) is 2. The zero-order chi connectivity index (χ0) is 25.4. The number of fused-ring (bicyclic) bond motifs is 2. The molecular formula is C27H26BrN3O5. The third kappa shape index (κ3) is 3.92. The molecule has 5 rings (SSSR count). The highest BCUT2D eigenvalue weighted by atomic mass is 79.9. The molecule has 3 aromatic carbocycles. The van der Waals surface area contributed by atoms with Gasteiger partial charge in [-0.1, -0.05) is 48.5 Å². The van der Waals surface area contributed by atoms with Crippen LogP contribution in [0.2, 0.25) is 0 Å². The van der Waals surface area contributed by atoms with Crippen LogP contribution in [0.5, 0.6) is 11.5 Å². The highest BCUT2D eigenvalue weighted by molar-refractivity contribution is 9.10. The Morgan fingerprint density at radius 2 is 1.81 bits per heavy atom. The van der Waals surface area contributed by atoms with Gasteiger partial charge in [-0.15, -0.1) is 0 Å². The van der Waals surface area contributed by atoms with Gasteiger partial charge in [0.25, 0.3) is 11.9 Å². The fraction of sp³-hybridized carbons (Fsp3) is 0.296. The van der Waals surface area contributed by atoms with Crippen LogP contribution in [-0.2, 0) is 16.9 Å². The first kappa shape index (κ1) is 24.3. The zero-order valence-electron chi connectivity index (χ0n) is 19.9. The number of nitrogens with one attached hydrogen (secondary N) is 2. The summed E-state index contributed by atoms with van der Waals surface area (Å²) in [4.78, 5) is 25.5. The van der Waals surface area contributed by atoms with Crippen LogP contribution in [0, 0.1) is 10.1 Å². The third-order valence-corrected chi connectivity index (χ3v) is 7.49. The average Bonchev–Trinajstić information content (AvgIpc) is 3.33. The summed E-state index contributed by atoms with van der Waals surface area (Å²) in [5, 5.41) is 18.7. The minimum Gasteiger partial charge on any atom is -0.490 e. The molecule has 36 heavy (non-hydrogen) atoms. The van der Waals surface area contributed by atoms with Crippen LogP contribution in [0.3, 0.4) is 0 Å². The molecule has 0 aromatic heterocycles. The molecule has 4 atom stereocenters. The fourth-order valence-electron chi connectivity index (χ4n) is 5.47. The second kappa shape index (κ2) is 9.55. The molecule has 0 bridgehead atoms. The normalized spacial score (nSPS) is 24.4. The van der Waals surface area contributed by atoms with Crippen LogP contribution in [0.1, 0.15) is 36.5 Å². The van der Waals surface area contributed by atoms with E-state index < -0.39 is 23.4 Å². The summed E-state index contributed by atoms with van der Waals surface area (Å²) in [6, 6.07) is 18.9. The number of carbonyl (C=O) groups is 1. The molecule has 1 amide bonds. The Balaban J connectivity index is 1.56. The number of nitro groups is 1. The van der Waals surface area contributed by atoms with Gasteiger partial charge in [0.05, 0.1) is 17.0 Å². The third-order valence-electron chi connectivity index (χ3n) is 6.91. The average molecular weight is 552 g/mol. The summed E-state index contributed by atoms with van der Waals surface area (Å²) in [5.74, 6) is 0.00552. The molecule has 0 aliphatic carbocycles. The standard InChI is InChI=1S/C27H26BrN3O5/c1-3-35-22-14-18(13-20(28)24(22)36-15-17-9-5-4-6-10-17)23-16(2)30-27(25(23)31(33)34)19-11-7-8-12-21(19)29-26(27)32/h4-14,16,23,25,30H,3,15H2,1-2H3,(H,29,32)/t16-,23-,25-,27-/m0/s1. The minimum atomic E-state index is -1.47. The number of halogens is 1. The molecule has 1 fully saturated rings. The van der Waals surface area contributed by atoms with Crippen molar-refractivity contribution < 1.29 is 19.2 Å². The van der Waals surface area contributed by atoms with Crippen molar-refractivity contribution in [3.63, 3.8) is 0 Å². The lowest BCUT2D eigenvalue weighted by Crippen LogP contribution is -2.54. The molecule has 186 valence electrons. The molecule has 0 radical (unpaired) electrons. The van der Waals surface area contributed by atoms with Crippen molar-refractivity contribution in [3.8, 4) is 11.5 Å². The van der Waals surface area contributed by atoms with Crippen molar-refractivity contribution in [2.45, 2.75) is 44.0 Å². The van der Waals surface area contributed by atoms with Crippen molar-refractivity contribution in [1.82, 2.24) is 5.32 Å². The summed E-state index contributed by atoms with van der Waals surface area (Å²) in [6.45, 7) is 4.49. The summed E-state index contributed by atoms with van der Waals surface area (Å²) in [5.41, 5.74) is 1.41. The topological polar surface area (TPSA) is 103 Å². The van der Waals surface area contributed by atoms with E-state index in [9.17, 15) is 14.9 Å². The first-order chi connectivity index (χ1) is 17.4. The zero-order valence-corrected chi connectivity index (χ0v) is 21.4. The molecule has 0 saturated carbocycles. The van der Waals surface area contributed by atoms with Crippen molar-refractivity contribution >= 4 is 27.5 Å². The van der Waals surface area contributed by atoms with Crippen molar-refractivity contribution in [2.24, 2.45) is 0 Å². The Kier molecular flexibility index (Phi) is 6.44. The highest BCUT2D eigenvalue weighted by Crippen LogP contribution is 2.51. The maximum atomic E-state index is 13.3. The summed E-state index contributed by atoms with van der Waals surface area (Å²) in [6.07, 6.45) is 0. The first-order valence-electron chi connectivity index (χ1n) is 11.8. The van der Waals surface area contributed by atoms with E-state index in [4.69, 9.17) is 9.47 Å². The Labute approximate surface area is 217 Å². The quantitative estimate of drug-likeness (QED) is 0.316. The summed E-state index contributed by atoms with van der Waals surface area (Å²) in [7, 11) is 0. The van der Waals surface area contributed by atoms with E-state index in [0.29, 0.717) is 46.0 Å². The lowest BCUT2D eigenvalue weighted by Gasteiger charge is -2.26. The van der Waals surface area contributed by atoms with Crippen molar-refractivity contribution in [1.29, 1.82) is 0 Å². The molecule has 8 nitrogen and oxygen atoms in total. The lowest BCUT2D eigenvalue weighted by molar-refractivity contribution is -0.532. The summed E-state index contributed by atoms with van der Waals surface area (Å²) < 4.78 is 12.6. The van der Waals surface area contributed by atoms with Gasteiger partial charge in [0, 0.05) is 22.2 Å². The number of nitrogens with zero attached hydrogens (tertiary/aromatic N) is 1. The lowest BCUT2D eigenvalue weighted by atomic mass is 9.78. The molecular weight excluding hydrogens is 526 g/mol. The van der Waals surface area contributed by atoms with Gasteiger partial charge in [-0.05, 0) is 59.1 Å². The Bertz CT molecular complexity index is 1320. The van der Waals surface area contributed by atoms with E-state index in [-0.39, 0.29) is 11.0 Å². The molecule has 2 aliphatic heterocycles. The fourth-order valence-corrected chi connectivity index (χ4v) is 6.04. The number of anilines is 1. The van der Waals surface area contributed by atoms with Gasteiger partial charge >= 0.3 is 0 Å². The first-order valence-corrected chi connectivity index (χ1v) is 12.6. The van der Waals surface area contributed by atoms with E-state index in [1.807, 2.05) is 50.2 Å². The Hall–Kier alpha value is -3.43. The van der Waals surface area contributed by atoms with Crippen LogP contribution < -0.4 is 20.1 Å². The smallest absolute Gasteiger partial charge is 0.256 e. The molecule has 2 aliphatic rings. The number of benzene rings is 3. The van der Waals surface area contributed by atoms with E-state index in [1.165, 1.54) is 0 Å². The van der Waals surface area contributed by atoms with E-state index in [0.717, 1.165) is 5.56 Å². The largest absolute Gasteiger partial charge is 0.490 e. The summed E-state index contributed by atoms with van der Waals surface area (Å²) >= 11 is 3.60. The number of para-hydroxylation sites is 1. The number of ether oxygens (including phenoxy) is 2. The number of carbonyl (C=O) groups excluding carboxylic acids is 1. The second-order valence-electron chi connectivity index (χ2n) is 9.03. The molecule has 2 N–H and O–H groups in total. The van der Waals surface area contributed by atoms with Crippen LogP contribution >= 0.6 is 15.9 Å². The van der Waals surface area contributed by atoms with Gasteiger partial charge in [0.2, 0.25) is 0 Å². The van der Waals surface area contributed by atoms with Gasteiger partial charge in [0.15, 0.2) is 17.0 Å². The maximum absolute atomic E-state index is 13.3. The minimum absolute atomic E-state index is 0.336. The number of amides is 1. The van der Waals surface area contributed by atoms with Crippen LogP contribution in [-0.4, -0.2) is 29.5 Å². The number of rotatable bonds is 7. The Morgan fingerprint density at radius 3 is 2.53 bits per heavy atom. The highest BCUT2D eigenvalue weighted by Gasteiger charge is 2.67. The van der Waals surface area contributed by atoms with Gasteiger partial charge in [-0.3, -0.25) is 20.2 Å². The maximum Gasteiger partial charge on any atom is 0.256 e. The number of hydrogen-bond acceptors (Lipinski definition) is 6. The molecule has 2 heterocycles. The molecule has 1 saturated heterocycles. The van der Waals surface area contributed by atoms with Crippen LogP contribution in [0.15, 0.2) is 71.2 Å². The molecule has 1 spiro atoms. The predicted octanol–water partition coefficient (Wildman–Crippen LogP) is 5.00. The van der Waals surface area contributed by atoms with Crippen molar-refractivity contribution in [3.05, 3.63) is 98.0 Å². The second-order valence-corrected chi connectivity index (χ2v) is 9.89. The van der Waals surface area contributed by atoms with Gasteiger partial charge in [-0.25, -0.2) is 0 Å². The van der Waals surface area contributed by atoms with Gasteiger partial charge < -0.3 is 14.8 Å². The predicted molar refractivity (Wildman–Crippen MR) is 139 cm³/mol. The Morgan fingerprint density at radius 1 is 1.08 bits per heavy atom. The molecule has 3 aromatic rings. The molecule has 0 unspecified atom stereocenters. The van der Waals surface area contributed by atoms with Crippen molar-refractivity contribution in [2.75, 3.05) is 11.9 Å². The van der Waals surface area contributed by atoms with Gasteiger partial charge in [0.1, 0.15) is 6.61 Å². The van der Waals surface area contributed by atoms with Gasteiger partial charge in [-0.2, -0.15) is 0 Å². The van der Waals surface area contributed by atoms with Crippen LogP contribution in [0.4, 0.5) is 5.69 Å². The van der Waals surface area contributed by atoms with E-state index in [1.54, 1.807) is 30.3 Å².